The van der Waals surface area contributed by atoms with E-state index in [4.69, 9.17) is 0 Å². The molecule has 1 aliphatic heterocycles. The Labute approximate surface area is 105 Å². The van der Waals surface area contributed by atoms with Gasteiger partial charge >= 0.3 is 5.97 Å². The van der Waals surface area contributed by atoms with Crippen molar-refractivity contribution >= 4 is 11.9 Å². The molecule has 0 saturated carbocycles. The minimum atomic E-state index is -0.858. The van der Waals surface area contributed by atoms with Crippen molar-refractivity contribution in [3.05, 3.63) is 18.0 Å². The standard InChI is InChI=1S/C12H17N3O3/c1-3-15-7-8(6-13-15)11-9(12(17)18)4-5-10(16)14(11)2/h6-7,9,11H,3-5H2,1-2H3,(H,17,18)/t9-,11-/m1/s1. The van der Waals surface area contributed by atoms with E-state index in [1.807, 2.05) is 13.1 Å². The van der Waals surface area contributed by atoms with Crippen LogP contribution in [0.3, 0.4) is 0 Å². The lowest BCUT2D eigenvalue weighted by Crippen LogP contribution is -2.42. The topological polar surface area (TPSA) is 75.4 Å². The third-order valence-electron chi connectivity index (χ3n) is 3.50. The van der Waals surface area contributed by atoms with Crippen LogP contribution < -0.4 is 0 Å². The number of rotatable bonds is 3. The molecule has 1 aliphatic rings. The van der Waals surface area contributed by atoms with Crippen molar-refractivity contribution in [2.45, 2.75) is 32.4 Å². The Bertz CT molecular complexity index is 469. The van der Waals surface area contributed by atoms with Gasteiger partial charge in [0, 0.05) is 31.8 Å². The number of amides is 1. The molecule has 1 aromatic heterocycles. The second-order valence-electron chi connectivity index (χ2n) is 4.56. The van der Waals surface area contributed by atoms with Crippen LogP contribution in [-0.4, -0.2) is 38.7 Å². The first-order valence-corrected chi connectivity index (χ1v) is 6.05. The lowest BCUT2D eigenvalue weighted by atomic mass is 9.86. The highest BCUT2D eigenvalue weighted by Gasteiger charge is 2.39. The van der Waals surface area contributed by atoms with Gasteiger partial charge in [-0.25, -0.2) is 0 Å². The van der Waals surface area contributed by atoms with E-state index in [9.17, 15) is 14.7 Å². The van der Waals surface area contributed by atoms with Gasteiger partial charge in [-0.1, -0.05) is 0 Å². The number of piperidine rings is 1. The fourth-order valence-electron chi connectivity index (χ4n) is 2.46. The minimum absolute atomic E-state index is 0.0123. The lowest BCUT2D eigenvalue weighted by molar-refractivity contribution is -0.150. The van der Waals surface area contributed by atoms with Gasteiger partial charge in [-0.2, -0.15) is 5.10 Å². The maximum atomic E-state index is 11.7. The largest absolute Gasteiger partial charge is 0.481 e. The number of aliphatic carboxylic acids is 1. The molecule has 2 heterocycles. The van der Waals surface area contributed by atoms with Crippen molar-refractivity contribution in [3.63, 3.8) is 0 Å². The first-order chi connectivity index (χ1) is 8.54. The van der Waals surface area contributed by atoms with Crippen molar-refractivity contribution in [2.24, 2.45) is 5.92 Å². The molecule has 6 nitrogen and oxygen atoms in total. The monoisotopic (exact) mass is 251 g/mol. The molecule has 1 fully saturated rings. The van der Waals surface area contributed by atoms with Crippen molar-refractivity contribution in [1.82, 2.24) is 14.7 Å². The van der Waals surface area contributed by atoms with Crippen molar-refractivity contribution in [2.75, 3.05) is 7.05 Å². The molecular weight excluding hydrogens is 234 g/mol. The second-order valence-corrected chi connectivity index (χ2v) is 4.56. The maximum absolute atomic E-state index is 11.7. The van der Waals surface area contributed by atoms with E-state index in [1.54, 1.807) is 17.9 Å². The van der Waals surface area contributed by atoms with Crippen molar-refractivity contribution in [3.8, 4) is 0 Å². The number of likely N-dealkylation sites (tertiary alicyclic amines) is 1. The number of carboxylic acids is 1. The zero-order valence-electron chi connectivity index (χ0n) is 10.5. The molecule has 1 saturated heterocycles. The Balaban J connectivity index is 2.34. The summed E-state index contributed by atoms with van der Waals surface area (Å²) >= 11 is 0. The number of hydrogen-bond donors (Lipinski definition) is 1. The van der Waals surface area contributed by atoms with Crippen LogP contribution in [0.1, 0.15) is 31.4 Å². The summed E-state index contributed by atoms with van der Waals surface area (Å²) < 4.78 is 1.74. The maximum Gasteiger partial charge on any atom is 0.308 e. The summed E-state index contributed by atoms with van der Waals surface area (Å²) in [5.41, 5.74) is 0.791. The van der Waals surface area contributed by atoms with Gasteiger partial charge in [0.25, 0.3) is 0 Å². The fraction of sp³-hybridized carbons (Fsp3) is 0.583. The molecule has 2 atom stereocenters. The van der Waals surface area contributed by atoms with Crippen LogP contribution >= 0.6 is 0 Å². The molecule has 2 rings (SSSR count). The Morgan fingerprint density at radius 2 is 2.33 bits per heavy atom. The van der Waals surface area contributed by atoms with Crippen LogP contribution in [0.4, 0.5) is 0 Å². The SMILES string of the molecule is CCn1cc([C@@H]2[C@H](C(=O)O)CCC(=O)N2C)cn1. The number of aryl methyl sites for hydroxylation is 1. The van der Waals surface area contributed by atoms with E-state index in [0.717, 1.165) is 12.1 Å². The quantitative estimate of drug-likeness (QED) is 0.866. The van der Waals surface area contributed by atoms with Gasteiger partial charge in [0.15, 0.2) is 0 Å². The first-order valence-electron chi connectivity index (χ1n) is 6.05. The highest BCUT2D eigenvalue weighted by Crippen LogP contribution is 2.35. The van der Waals surface area contributed by atoms with Crippen LogP contribution in [0, 0.1) is 5.92 Å². The highest BCUT2D eigenvalue weighted by molar-refractivity contribution is 5.81. The van der Waals surface area contributed by atoms with Gasteiger partial charge < -0.3 is 10.0 Å². The number of carbonyl (C=O) groups is 2. The number of carboxylic acid groups (broad SMARTS) is 1. The Hall–Kier alpha value is -1.85. The molecule has 0 bridgehead atoms. The van der Waals surface area contributed by atoms with E-state index in [1.165, 1.54) is 4.90 Å². The van der Waals surface area contributed by atoms with Crippen LogP contribution in [0.5, 0.6) is 0 Å². The third-order valence-corrected chi connectivity index (χ3v) is 3.50. The van der Waals surface area contributed by atoms with E-state index < -0.39 is 17.9 Å². The zero-order valence-corrected chi connectivity index (χ0v) is 10.5. The normalized spacial score (nSPS) is 24.3. The summed E-state index contributed by atoms with van der Waals surface area (Å²) in [6.45, 7) is 2.68. The second kappa shape index (κ2) is 4.80. The molecule has 0 radical (unpaired) electrons. The van der Waals surface area contributed by atoms with E-state index in [2.05, 4.69) is 5.10 Å². The van der Waals surface area contributed by atoms with Gasteiger partial charge in [-0.05, 0) is 13.3 Å². The molecule has 0 aliphatic carbocycles. The number of carbonyl (C=O) groups excluding carboxylic acids is 1. The van der Waals surface area contributed by atoms with E-state index in [0.29, 0.717) is 12.8 Å². The predicted molar refractivity (Wildman–Crippen MR) is 63.8 cm³/mol. The highest BCUT2D eigenvalue weighted by atomic mass is 16.4. The molecule has 6 heteroatoms. The summed E-state index contributed by atoms with van der Waals surface area (Å²) in [6.07, 6.45) is 4.15. The summed E-state index contributed by atoms with van der Waals surface area (Å²) in [6, 6.07) is -0.413. The molecular formula is C12H17N3O3. The van der Waals surface area contributed by atoms with E-state index in [-0.39, 0.29) is 5.91 Å². The number of hydrogen-bond acceptors (Lipinski definition) is 3. The number of aromatic nitrogens is 2. The summed E-state index contributed by atoms with van der Waals surface area (Å²) in [5, 5.41) is 13.4. The lowest BCUT2D eigenvalue weighted by Gasteiger charge is -2.36. The predicted octanol–water partition coefficient (Wildman–Crippen LogP) is 0.897. The van der Waals surface area contributed by atoms with Gasteiger partial charge in [0.1, 0.15) is 0 Å². The van der Waals surface area contributed by atoms with Gasteiger partial charge in [-0.15, -0.1) is 0 Å². The molecule has 18 heavy (non-hydrogen) atoms. The Kier molecular flexibility index (Phi) is 3.36. The molecule has 0 aromatic carbocycles. The average Bonchev–Trinajstić information content (AvgIpc) is 2.80. The summed E-state index contributed by atoms with van der Waals surface area (Å²) in [7, 11) is 1.66. The average molecular weight is 251 g/mol. The molecule has 1 amide bonds. The molecule has 1 aromatic rings. The van der Waals surface area contributed by atoms with Crippen LogP contribution in [0.2, 0.25) is 0 Å². The Morgan fingerprint density at radius 3 is 2.89 bits per heavy atom. The van der Waals surface area contributed by atoms with Crippen LogP contribution in [0.25, 0.3) is 0 Å². The molecule has 1 N–H and O–H groups in total. The first kappa shape index (κ1) is 12.6. The van der Waals surface area contributed by atoms with Crippen molar-refractivity contribution in [1.29, 1.82) is 0 Å². The smallest absolute Gasteiger partial charge is 0.308 e. The summed E-state index contributed by atoms with van der Waals surface area (Å²) in [4.78, 5) is 24.6. The zero-order chi connectivity index (χ0) is 13.3. The van der Waals surface area contributed by atoms with Crippen LogP contribution in [0.15, 0.2) is 12.4 Å². The van der Waals surface area contributed by atoms with Crippen LogP contribution in [-0.2, 0) is 16.1 Å². The molecule has 98 valence electrons. The van der Waals surface area contributed by atoms with Gasteiger partial charge in [0.05, 0.1) is 18.2 Å². The third kappa shape index (κ3) is 2.10. The van der Waals surface area contributed by atoms with E-state index >= 15 is 0 Å². The minimum Gasteiger partial charge on any atom is -0.481 e. The molecule has 0 spiro atoms. The summed E-state index contributed by atoms with van der Waals surface area (Å²) in [5.74, 6) is -1.42. The fourth-order valence-corrected chi connectivity index (χ4v) is 2.46. The number of nitrogens with zero attached hydrogens (tertiary/aromatic N) is 3. The van der Waals surface area contributed by atoms with Gasteiger partial charge in [0.2, 0.25) is 5.91 Å². The Morgan fingerprint density at radius 1 is 1.61 bits per heavy atom. The van der Waals surface area contributed by atoms with Gasteiger partial charge in [-0.3, -0.25) is 14.3 Å². The van der Waals surface area contributed by atoms with Crippen molar-refractivity contribution < 1.29 is 14.7 Å². The molecule has 0 unspecified atom stereocenters.